The Kier molecular flexibility index (Phi) is 5.15. The number of rotatable bonds is 5. The molecule has 2 N–H and O–H groups in total. The fraction of sp³-hybridized carbons (Fsp3) is 0.500. The zero-order valence-corrected chi connectivity index (χ0v) is 9.88. The molecule has 7 heteroatoms. The number of imidazole rings is 1. The predicted molar refractivity (Wildman–Crippen MR) is 62.4 cm³/mol. The van der Waals surface area contributed by atoms with Gasteiger partial charge in [0, 0.05) is 6.54 Å². The van der Waals surface area contributed by atoms with Crippen molar-refractivity contribution in [3.63, 3.8) is 0 Å². The summed E-state index contributed by atoms with van der Waals surface area (Å²) in [5, 5.41) is 11.2. The molecule has 1 amide bonds. The first kappa shape index (κ1) is 13.2. The highest BCUT2D eigenvalue weighted by molar-refractivity contribution is 5.82. The lowest BCUT2D eigenvalue weighted by atomic mass is 10.6. The third-order valence-electron chi connectivity index (χ3n) is 2.01. The summed E-state index contributed by atoms with van der Waals surface area (Å²) in [6.45, 7) is 4.26. The van der Waals surface area contributed by atoms with Crippen molar-refractivity contribution in [2.45, 2.75) is 20.4 Å². The minimum absolute atomic E-state index is 0.00499. The first-order valence-corrected chi connectivity index (χ1v) is 5.27. The molecule has 1 rings (SSSR count). The number of ether oxygens (including phenoxy) is 1. The largest absolute Gasteiger partial charge is 0.450 e. The molecule has 1 heterocycles. The number of hydrogen-bond acceptors (Lipinski definition) is 5. The van der Waals surface area contributed by atoms with Crippen molar-refractivity contribution in [2.75, 3.05) is 13.2 Å². The van der Waals surface area contributed by atoms with Crippen molar-refractivity contribution in [1.29, 1.82) is 0 Å². The van der Waals surface area contributed by atoms with E-state index in [0.29, 0.717) is 19.0 Å². The topological polar surface area (TPSA) is 88.7 Å². The van der Waals surface area contributed by atoms with Gasteiger partial charge in [0.2, 0.25) is 0 Å². The number of nitrogens with one attached hydrogen (secondary N) is 1. The Bertz CT molecular complexity index is 400. The van der Waals surface area contributed by atoms with Crippen molar-refractivity contribution in [3.8, 4) is 0 Å². The summed E-state index contributed by atoms with van der Waals surface area (Å²) < 4.78 is 6.40. The zero-order chi connectivity index (χ0) is 12.7. The highest BCUT2D eigenvalue weighted by Gasteiger charge is 2.04. The molecule has 0 aromatic carbocycles. The highest BCUT2D eigenvalue weighted by Crippen LogP contribution is 2.13. The Morgan fingerprint density at radius 3 is 3.18 bits per heavy atom. The summed E-state index contributed by atoms with van der Waals surface area (Å²) >= 11 is 0. The standard InChI is InChI=1S/C10H16N4O3/c1-3-17-10(16)13-7-12-9-6-11-8(2)14(9)4-5-15/h6-7,15H,3-5H2,1-2H3,(H,12,13,16). The molecular formula is C10H16N4O3. The van der Waals surface area contributed by atoms with Gasteiger partial charge < -0.3 is 14.4 Å². The monoisotopic (exact) mass is 240 g/mol. The summed E-state index contributed by atoms with van der Waals surface area (Å²) in [7, 11) is 0. The van der Waals surface area contributed by atoms with Crippen molar-refractivity contribution < 1.29 is 14.6 Å². The van der Waals surface area contributed by atoms with Crippen LogP contribution in [-0.4, -0.2) is 40.3 Å². The van der Waals surface area contributed by atoms with Gasteiger partial charge in [0.1, 0.15) is 5.82 Å². The van der Waals surface area contributed by atoms with E-state index in [1.54, 1.807) is 17.7 Å². The van der Waals surface area contributed by atoms with Crippen LogP contribution in [0.4, 0.5) is 10.6 Å². The zero-order valence-electron chi connectivity index (χ0n) is 9.88. The van der Waals surface area contributed by atoms with Crippen LogP contribution in [0.1, 0.15) is 12.7 Å². The maximum atomic E-state index is 11.0. The van der Waals surface area contributed by atoms with Crippen LogP contribution in [0.2, 0.25) is 0 Å². The molecule has 0 spiro atoms. The predicted octanol–water partition coefficient (Wildman–Crippen LogP) is 0.590. The lowest BCUT2D eigenvalue weighted by molar-refractivity contribution is 0.158. The Labute approximate surface area is 99.1 Å². The number of carbonyl (C=O) groups is 1. The third kappa shape index (κ3) is 3.87. The van der Waals surface area contributed by atoms with Crippen molar-refractivity contribution in [3.05, 3.63) is 12.0 Å². The van der Waals surface area contributed by atoms with Crippen LogP contribution in [0.5, 0.6) is 0 Å². The minimum atomic E-state index is -0.554. The molecule has 0 fully saturated rings. The average Bonchev–Trinajstić information content (AvgIpc) is 2.62. The summed E-state index contributed by atoms with van der Waals surface area (Å²) in [5.74, 6) is 1.32. The van der Waals surface area contributed by atoms with Gasteiger partial charge in [0.15, 0.2) is 5.82 Å². The van der Waals surface area contributed by atoms with E-state index in [9.17, 15) is 4.79 Å². The first-order chi connectivity index (χ1) is 8.19. The van der Waals surface area contributed by atoms with Gasteiger partial charge in [-0.05, 0) is 13.8 Å². The fourth-order valence-electron chi connectivity index (χ4n) is 1.26. The summed E-state index contributed by atoms with van der Waals surface area (Å²) in [6, 6.07) is 0. The van der Waals surface area contributed by atoms with Crippen LogP contribution in [0.15, 0.2) is 11.2 Å². The smallest absolute Gasteiger partial charge is 0.412 e. The molecule has 0 saturated carbocycles. The summed E-state index contributed by atoms with van der Waals surface area (Å²) in [6.07, 6.45) is 2.25. The van der Waals surface area contributed by atoms with E-state index in [4.69, 9.17) is 5.11 Å². The number of amides is 1. The van der Waals surface area contributed by atoms with Crippen LogP contribution in [-0.2, 0) is 11.3 Å². The SMILES string of the molecule is CCOC(=O)N/C=N/c1cnc(C)n1CCO. The lowest BCUT2D eigenvalue weighted by Gasteiger charge is -2.04. The van der Waals surface area contributed by atoms with Crippen LogP contribution in [0.3, 0.4) is 0 Å². The van der Waals surface area contributed by atoms with E-state index in [2.05, 4.69) is 20.0 Å². The number of alkyl carbamates (subject to hydrolysis) is 1. The summed E-state index contributed by atoms with van der Waals surface area (Å²) in [5.41, 5.74) is 0. The second kappa shape index (κ2) is 6.64. The number of aromatic nitrogens is 2. The fourth-order valence-corrected chi connectivity index (χ4v) is 1.26. The molecule has 0 saturated heterocycles. The van der Waals surface area contributed by atoms with E-state index in [1.165, 1.54) is 6.34 Å². The van der Waals surface area contributed by atoms with Gasteiger partial charge in [0.25, 0.3) is 0 Å². The van der Waals surface area contributed by atoms with Crippen molar-refractivity contribution in [1.82, 2.24) is 14.9 Å². The Morgan fingerprint density at radius 1 is 1.76 bits per heavy atom. The summed E-state index contributed by atoms with van der Waals surface area (Å²) in [4.78, 5) is 19.0. The Hall–Kier alpha value is -1.89. The van der Waals surface area contributed by atoms with Crippen molar-refractivity contribution in [2.24, 2.45) is 4.99 Å². The Balaban J connectivity index is 2.61. The number of aliphatic imine (C=N–C) groups is 1. The van der Waals surface area contributed by atoms with E-state index in [-0.39, 0.29) is 6.61 Å². The number of carbonyl (C=O) groups excluding carboxylic acids is 1. The van der Waals surface area contributed by atoms with Gasteiger partial charge in [-0.15, -0.1) is 0 Å². The van der Waals surface area contributed by atoms with Gasteiger partial charge >= 0.3 is 6.09 Å². The molecule has 94 valence electrons. The quantitative estimate of drug-likeness (QED) is 0.582. The van der Waals surface area contributed by atoms with Gasteiger partial charge in [-0.1, -0.05) is 0 Å². The van der Waals surface area contributed by atoms with Gasteiger partial charge in [-0.3, -0.25) is 5.32 Å². The molecule has 0 unspecified atom stereocenters. The highest BCUT2D eigenvalue weighted by atomic mass is 16.5. The molecule has 7 nitrogen and oxygen atoms in total. The molecule has 0 atom stereocenters. The normalized spacial score (nSPS) is 10.8. The molecule has 17 heavy (non-hydrogen) atoms. The number of hydrogen-bond donors (Lipinski definition) is 2. The molecule has 0 aliphatic carbocycles. The van der Waals surface area contributed by atoms with E-state index in [0.717, 1.165) is 5.82 Å². The van der Waals surface area contributed by atoms with E-state index in [1.807, 2.05) is 6.92 Å². The third-order valence-corrected chi connectivity index (χ3v) is 2.01. The molecule has 0 radical (unpaired) electrons. The van der Waals surface area contributed by atoms with Gasteiger partial charge in [0.05, 0.1) is 25.7 Å². The van der Waals surface area contributed by atoms with Crippen LogP contribution < -0.4 is 5.32 Å². The van der Waals surface area contributed by atoms with Crippen LogP contribution in [0, 0.1) is 6.92 Å². The van der Waals surface area contributed by atoms with Crippen LogP contribution in [0.25, 0.3) is 0 Å². The number of aliphatic hydroxyl groups is 1. The maximum absolute atomic E-state index is 11.0. The molecule has 1 aromatic heterocycles. The molecule has 0 aliphatic rings. The molecule has 0 aliphatic heterocycles. The second-order valence-electron chi connectivity index (χ2n) is 3.16. The molecule has 1 aromatic rings. The second-order valence-corrected chi connectivity index (χ2v) is 3.16. The maximum Gasteiger partial charge on any atom is 0.412 e. The number of aryl methyl sites for hydroxylation is 1. The van der Waals surface area contributed by atoms with E-state index < -0.39 is 6.09 Å². The van der Waals surface area contributed by atoms with Crippen molar-refractivity contribution >= 4 is 18.2 Å². The number of nitrogens with zero attached hydrogens (tertiary/aromatic N) is 3. The average molecular weight is 240 g/mol. The van der Waals surface area contributed by atoms with Gasteiger partial charge in [-0.2, -0.15) is 0 Å². The van der Waals surface area contributed by atoms with Gasteiger partial charge in [-0.25, -0.2) is 14.8 Å². The first-order valence-electron chi connectivity index (χ1n) is 5.27. The lowest BCUT2D eigenvalue weighted by Crippen LogP contribution is -2.22. The molecule has 0 bridgehead atoms. The van der Waals surface area contributed by atoms with E-state index >= 15 is 0 Å². The minimum Gasteiger partial charge on any atom is -0.450 e. The number of aliphatic hydroxyl groups excluding tert-OH is 1. The van der Waals surface area contributed by atoms with Crippen LogP contribution >= 0.6 is 0 Å². The Morgan fingerprint density at radius 2 is 2.53 bits per heavy atom. The molecular weight excluding hydrogens is 224 g/mol.